The van der Waals surface area contributed by atoms with Crippen LogP contribution in [0.1, 0.15) is 18.5 Å². The predicted octanol–water partition coefficient (Wildman–Crippen LogP) is 3.74. The molecular weight excluding hydrogens is 382 g/mol. The third-order valence-electron chi connectivity index (χ3n) is 4.78. The summed E-state index contributed by atoms with van der Waals surface area (Å²) in [5.74, 6) is 2.50. The van der Waals surface area contributed by atoms with Gasteiger partial charge in [-0.05, 0) is 52.7 Å². The van der Waals surface area contributed by atoms with Crippen LogP contribution in [-0.4, -0.2) is 50.3 Å². The first-order chi connectivity index (χ1) is 12.1. The quantitative estimate of drug-likeness (QED) is 0.756. The maximum Gasteiger partial charge on any atom is 0.229 e. The number of hydrogen-bond acceptors (Lipinski definition) is 5. The van der Waals surface area contributed by atoms with E-state index < -0.39 is 0 Å². The average molecular weight is 406 g/mol. The molecule has 1 aromatic heterocycles. The number of aromatic nitrogens is 1. The van der Waals surface area contributed by atoms with Crippen LogP contribution in [0, 0.1) is 0 Å². The molecule has 0 aliphatic carbocycles. The minimum Gasteiger partial charge on any atom is -0.497 e. The molecular formula is C19H24BrN3O2. The van der Waals surface area contributed by atoms with E-state index in [0.29, 0.717) is 11.9 Å². The summed E-state index contributed by atoms with van der Waals surface area (Å²) in [4.78, 5) is 9.41. The fourth-order valence-electron chi connectivity index (χ4n) is 3.16. The van der Waals surface area contributed by atoms with Crippen molar-refractivity contribution in [3.8, 4) is 11.6 Å². The Morgan fingerprint density at radius 2 is 1.64 bits per heavy atom. The van der Waals surface area contributed by atoms with Gasteiger partial charge in [0.15, 0.2) is 0 Å². The summed E-state index contributed by atoms with van der Waals surface area (Å²) in [7, 11) is 3.34. The minimum absolute atomic E-state index is 0.389. The zero-order valence-electron chi connectivity index (χ0n) is 14.9. The highest BCUT2D eigenvalue weighted by atomic mass is 79.9. The predicted molar refractivity (Wildman–Crippen MR) is 104 cm³/mol. The van der Waals surface area contributed by atoms with E-state index in [-0.39, 0.29) is 0 Å². The second kappa shape index (κ2) is 8.06. The summed E-state index contributed by atoms with van der Waals surface area (Å²) < 4.78 is 11.4. The van der Waals surface area contributed by atoms with Gasteiger partial charge >= 0.3 is 0 Å². The van der Waals surface area contributed by atoms with Gasteiger partial charge < -0.3 is 14.4 Å². The number of anilines is 1. The molecule has 0 amide bonds. The molecule has 0 N–H and O–H groups in total. The molecule has 0 bridgehead atoms. The molecule has 1 saturated heterocycles. The molecule has 2 heterocycles. The Bertz CT molecular complexity index is 700. The lowest BCUT2D eigenvalue weighted by Crippen LogP contribution is -2.47. The molecule has 1 atom stereocenters. The Labute approximate surface area is 157 Å². The van der Waals surface area contributed by atoms with Gasteiger partial charge in [0.05, 0.1) is 18.7 Å². The molecule has 1 aromatic carbocycles. The van der Waals surface area contributed by atoms with Crippen molar-refractivity contribution in [1.29, 1.82) is 0 Å². The summed E-state index contributed by atoms with van der Waals surface area (Å²) in [6.07, 6.45) is 0. The second-order valence-corrected chi connectivity index (χ2v) is 6.99. The third kappa shape index (κ3) is 4.07. The molecule has 25 heavy (non-hydrogen) atoms. The van der Waals surface area contributed by atoms with Crippen LogP contribution >= 0.6 is 15.9 Å². The van der Waals surface area contributed by atoms with Gasteiger partial charge in [0.2, 0.25) is 5.88 Å². The van der Waals surface area contributed by atoms with Crippen LogP contribution in [0.15, 0.2) is 40.9 Å². The Morgan fingerprint density at radius 3 is 2.24 bits per heavy atom. The summed E-state index contributed by atoms with van der Waals surface area (Å²) in [5.41, 5.74) is 1.32. The van der Waals surface area contributed by atoms with Gasteiger partial charge in [0, 0.05) is 32.2 Å². The molecule has 0 radical (unpaired) electrons. The monoisotopic (exact) mass is 405 g/mol. The first-order valence-corrected chi connectivity index (χ1v) is 9.25. The Balaban J connectivity index is 1.62. The molecule has 0 spiro atoms. The normalized spacial score (nSPS) is 16.6. The standard InChI is InChI=1S/C19H24BrN3O2/c1-14(15-4-6-16(24-2)7-5-15)22-10-12-23(13-11-22)18-9-8-17(20)19(21-18)25-3/h4-9,14H,10-13H2,1-3H3. The number of rotatable bonds is 5. The molecule has 5 nitrogen and oxygen atoms in total. The van der Waals surface area contributed by atoms with Crippen LogP contribution in [0.3, 0.4) is 0 Å². The summed E-state index contributed by atoms with van der Waals surface area (Å²) in [6, 6.07) is 12.8. The van der Waals surface area contributed by atoms with Crippen molar-refractivity contribution < 1.29 is 9.47 Å². The first-order valence-electron chi connectivity index (χ1n) is 8.46. The number of hydrogen-bond donors (Lipinski definition) is 0. The van der Waals surface area contributed by atoms with Crippen molar-refractivity contribution in [3.63, 3.8) is 0 Å². The van der Waals surface area contributed by atoms with Crippen molar-refractivity contribution in [2.45, 2.75) is 13.0 Å². The van der Waals surface area contributed by atoms with E-state index in [1.807, 2.05) is 24.3 Å². The maximum atomic E-state index is 5.31. The van der Waals surface area contributed by atoms with E-state index in [2.05, 4.69) is 49.8 Å². The van der Waals surface area contributed by atoms with E-state index >= 15 is 0 Å². The van der Waals surface area contributed by atoms with Crippen LogP contribution in [-0.2, 0) is 0 Å². The zero-order valence-corrected chi connectivity index (χ0v) is 16.5. The largest absolute Gasteiger partial charge is 0.497 e. The summed E-state index contributed by atoms with van der Waals surface area (Å²) in [5, 5.41) is 0. The first kappa shape index (κ1) is 18.0. The van der Waals surface area contributed by atoms with Gasteiger partial charge in [-0.15, -0.1) is 0 Å². The molecule has 6 heteroatoms. The second-order valence-electron chi connectivity index (χ2n) is 6.13. The van der Waals surface area contributed by atoms with Gasteiger partial charge in [-0.2, -0.15) is 4.98 Å². The number of benzene rings is 1. The van der Waals surface area contributed by atoms with Crippen molar-refractivity contribution in [1.82, 2.24) is 9.88 Å². The SMILES string of the molecule is COc1ccc(C(C)N2CCN(c3ccc(Br)c(OC)n3)CC2)cc1. The lowest BCUT2D eigenvalue weighted by Gasteiger charge is -2.38. The highest BCUT2D eigenvalue weighted by Gasteiger charge is 2.23. The van der Waals surface area contributed by atoms with Crippen molar-refractivity contribution in [2.24, 2.45) is 0 Å². The maximum absolute atomic E-state index is 5.31. The molecule has 1 aliphatic rings. The number of halogens is 1. The van der Waals surface area contributed by atoms with E-state index in [1.54, 1.807) is 14.2 Å². The molecule has 1 unspecified atom stereocenters. The van der Waals surface area contributed by atoms with E-state index in [4.69, 9.17) is 9.47 Å². The molecule has 3 rings (SSSR count). The van der Waals surface area contributed by atoms with Crippen molar-refractivity contribution >= 4 is 21.7 Å². The fraction of sp³-hybridized carbons (Fsp3) is 0.421. The van der Waals surface area contributed by atoms with Crippen LogP contribution in [0.5, 0.6) is 11.6 Å². The number of ether oxygens (including phenoxy) is 2. The average Bonchev–Trinajstić information content (AvgIpc) is 2.68. The van der Waals surface area contributed by atoms with Crippen LogP contribution < -0.4 is 14.4 Å². The summed E-state index contributed by atoms with van der Waals surface area (Å²) >= 11 is 3.46. The van der Waals surface area contributed by atoms with Gasteiger partial charge in [-0.1, -0.05) is 12.1 Å². The van der Waals surface area contributed by atoms with Gasteiger partial charge in [0.25, 0.3) is 0 Å². The van der Waals surface area contributed by atoms with Crippen LogP contribution in [0.25, 0.3) is 0 Å². The number of nitrogens with zero attached hydrogens (tertiary/aromatic N) is 3. The van der Waals surface area contributed by atoms with Crippen LogP contribution in [0.4, 0.5) is 5.82 Å². The topological polar surface area (TPSA) is 37.8 Å². The minimum atomic E-state index is 0.389. The Morgan fingerprint density at radius 1 is 0.960 bits per heavy atom. The lowest BCUT2D eigenvalue weighted by atomic mass is 10.1. The Kier molecular flexibility index (Phi) is 5.81. The van der Waals surface area contributed by atoms with Crippen LogP contribution in [0.2, 0.25) is 0 Å². The highest BCUT2D eigenvalue weighted by molar-refractivity contribution is 9.10. The van der Waals surface area contributed by atoms with E-state index in [1.165, 1.54) is 5.56 Å². The zero-order chi connectivity index (χ0) is 17.8. The fourth-order valence-corrected chi connectivity index (χ4v) is 3.55. The smallest absolute Gasteiger partial charge is 0.229 e. The lowest BCUT2D eigenvalue weighted by molar-refractivity contribution is 0.198. The van der Waals surface area contributed by atoms with Gasteiger partial charge in [-0.25, -0.2) is 0 Å². The number of pyridine rings is 1. The molecule has 0 saturated carbocycles. The molecule has 1 fully saturated rings. The van der Waals surface area contributed by atoms with E-state index in [9.17, 15) is 0 Å². The highest BCUT2D eigenvalue weighted by Crippen LogP contribution is 2.28. The van der Waals surface area contributed by atoms with Crippen molar-refractivity contribution in [2.75, 3.05) is 45.3 Å². The molecule has 2 aromatic rings. The summed E-state index contributed by atoms with van der Waals surface area (Å²) in [6.45, 7) is 6.19. The number of piperazine rings is 1. The van der Waals surface area contributed by atoms with E-state index in [0.717, 1.165) is 42.2 Å². The van der Waals surface area contributed by atoms with Gasteiger partial charge in [0.1, 0.15) is 11.6 Å². The Hall–Kier alpha value is -1.79. The third-order valence-corrected chi connectivity index (χ3v) is 5.38. The van der Waals surface area contributed by atoms with Crippen molar-refractivity contribution in [3.05, 3.63) is 46.4 Å². The molecule has 134 valence electrons. The van der Waals surface area contributed by atoms with Gasteiger partial charge in [-0.3, -0.25) is 4.90 Å². The molecule has 1 aliphatic heterocycles. The number of methoxy groups -OCH3 is 2.